The van der Waals surface area contributed by atoms with Gasteiger partial charge in [-0.25, -0.2) is 4.79 Å². The van der Waals surface area contributed by atoms with Gasteiger partial charge >= 0.3 is 12.1 Å². The van der Waals surface area contributed by atoms with Crippen LogP contribution in [0.4, 0.5) is 4.79 Å². The lowest BCUT2D eigenvalue weighted by Gasteiger charge is -2.32. The lowest BCUT2D eigenvalue weighted by molar-refractivity contribution is -0.146. The Morgan fingerprint density at radius 3 is 2.12 bits per heavy atom. The minimum absolute atomic E-state index is 0.0183. The Kier molecular flexibility index (Phi) is 6.26. The zero-order valence-corrected chi connectivity index (χ0v) is 19.1. The molecule has 2 amide bonds. The molecule has 0 unspecified atom stereocenters. The number of carboxylic acid groups (broad SMARTS) is 1. The largest absolute Gasteiger partial charge is 0.481 e. The molecule has 0 radical (unpaired) electrons. The summed E-state index contributed by atoms with van der Waals surface area (Å²) in [7, 11) is 0. The van der Waals surface area contributed by atoms with Crippen molar-refractivity contribution in [2.24, 2.45) is 11.8 Å². The number of alkyl carbamates (subject to hydrolysis) is 1. The molecular formula is C27H30N2O5. The van der Waals surface area contributed by atoms with Crippen LogP contribution in [0.25, 0.3) is 11.1 Å². The molecule has 3 aliphatic rings. The van der Waals surface area contributed by atoms with Crippen LogP contribution in [0.1, 0.15) is 49.1 Å². The molecule has 0 spiro atoms. The summed E-state index contributed by atoms with van der Waals surface area (Å²) >= 11 is 0. The van der Waals surface area contributed by atoms with Crippen molar-refractivity contribution in [2.75, 3.05) is 19.7 Å². The highest BCUT2D eigenvalue weighted by atomic mass is 16.5. The van der Waals surface area contributed by atoms with Crippen LogP contribution >= 0.6 is 0 Å². The molecule has 2 aliphatic carbocycles. The summed E-state index contributed by atoms with van der Waals surface area (Å²) in [5, 5.41) is 12.1. The number of likely N-dealkylation sites (tertiary alicyclic amines) is 1. The van der Waals surface area contributed by atoms with Gasteiger partial charge in [-0.3, -0.25) is 9.59 Å². The van der Waals surface area contributed by atoms with Crippen molar-refractivity contribution in [1.82, 2.24) is 10.2 Å². The summed E-state index contributed by atoms with van der Waals surface area (Å²) in [6, 6.07) is 16.4. The van der Waals surface area contributed by atoms with Crippen LogP contribution in [0.15, 0.2) is 48.5 Å². The van der Waals surface area contributed by atoms with Crippen molar-refractivity contribution >= 4 is 18.0 Å². The van der Waals surface area contributed by atoms with Crippen LogP contribution in [0.2, 0.25) is 0 Å². The number of aliphatic carboxylic acids is 1. The number of hydrogen-bond acceptors (Lipinski definition) is 4. The van der Waals surface area contributed by atoms with Crippen LogP contribution in [0.3, 0.4) is 0 Å². The van der Waals surface area contributed by atoms with Gasteiger partial charge in [-0.1, -0.05) is 48.5 Å². The molecule has 1 heterocycles. The highest BCUT2D eigenvalue weighted by molar-refractivity contribution is 5.80. The van der Waals surface area contributed by atoms with Crippen molar-refractivity contribution in [1.29, 1.82) is 0 Å². The Labute approximate surface area is 199 Å². The minimum atomic E-state index is -0.777. The number of nitrogens with one attached hydrogen (secondary N) is 1. The SMILES string of the molecule is O=C(N[C@@H]1CC[C@H](C(=O)N2CCC(C(=O)O)CC2)C1)OCC1c2ccccc2-c2ccccc21. The number of carbonyl (C=O) groups is 3. The first kappa shape index (κ1) is 22.4. The summed E-state index contributed by atoms with van der Waals surface area (Å²) in [5.74, 6) is -1.15. The van der Waals surface area contributed by atoms with E-state index in [1.54, 1.807) is 4.90 Å². The molecule has 7 nitrogen and oxygen atoms in total. The van der Waals surface area contributed by atoms with E-state index in [1.807, 2.05) is 24.3 Å². The lowest BCUT2D eigenvalue weighted by Crippen LogP contribution is -2.43. The van der Waals surface area contributed by atoms with E-state index in [4.69, 9.17) is 9.84 Å². The molecule has 2 atom stereocenters. The third kappa shape index (κ3) is 4.39. The first-order chi connectivity index (χ1) is 16.5. The standard InChI is InChI=1S/C27H30N2O5/c30-25(29-13-11-17(12-14-29)26(31)32)18-9-10-19(15-18)28-27(33)34-16-24-22-7-3-1-5-20(22)21-6-2-4-8-23(21)24/h1-8,17-19,24H,9-16H2,(H,28,33)(H,31,32)/t18-,19+/m0/s1. The zero-order valence-electron chi connectivity index (χ0n) is 19.1. The minimum Gasteiger partial charge on any atom is -0.481 e. The summed E-state index contributed by atoms with van der Waals surface area (Å²) in [6.07, 6.45) is 2.65. The van der Waals surface area contributed by atoms with Gasteiger partial charge in [-0.15, -0.1) is 0 Å². The number of amides is 2. The van der Waals surface area contributed by atoms with E-state index in [0.29, 0.717) is 32.4 Å². The van der Waals surface area contributed by atoms with Crippen molar-refractivity contribution in [3.05, 3.63) is 59.7 Å². The molecule has 2 fully saturated rings. The van der Waals surface area contributed by atoms with E-state index in [-0.39, 0.29) is 36.3 Å². The molecule has 1 aliphatic heterocycles. The summed E-state index contributed by atoms with van der Waals surface area (Å²) in [5.41, 5.74) is 4.73. The van der Waals surface area contributed by atoms with Gasteiger partial charge in [0.15, 0.2) is 0 Å². The summed E-state index contributed by atoms with van der Waals surface area (Å²) in [4.78, 5) is 38.4. The molecule has 1 saturated carbocycles. The molecule has 0 bridgehead atoms. The van der Waals surface area contributed by atoms with Gasteiger partial charge in [-0.2, -0.15) is 0 Å². The second-order valence-corrected chi connectivity index (χ2v) is 9.61. The second-order valence-electron chi connectivity index (χ2n) is 9.61. The molecule has 2 aromatic rings. The van der Waals surface area contributed by atoms with Gasteiger partial charge in [0.1, 0.15) is 6.61 Å². The van der Waals surface area contributed by atoms with Crippen LogP contribution < -0.4 is 5.32 Å². The fraction of sp³-hybridized carbons (Fsp3) is 0.444. The first-order valence-electron chi connectivity index (χ1n) is 12.1. The van der Waals surface area contributed by atoms with Gasteiger partial charge in [0, 0.05) is 31.0 Å². The third-order valence-corrected chi connectivity index (χ3v) is 7.60. The number of nitrogens with zero attached hydrogens (tertiary/aromatic N) is 1. The second kappa shape index (κ2) is 9.49. The lowest BCUT2D eigenvalue weighted by atomic mass is 9.95. The number of carbonyl (C=O) groups excluding carboxylic acids is 2. The quantitative estimate of drug-likeness (QED) is 0.700. The Morgan fingerprint density at radius 1 is 0.882 bits per heavy atom. The Balaban J connectivity index is 1.12. The van der Waals surface area contributed by atoms with Crippen molar-refractivity contribution < 1.29 is 24.2 Å². The van der Waals surface area contributed by atoms with Crippen LogP contribution in [0.5, 0.6) is 0 Å². The van der Waals surface area contributed by atoms with Gasteiger partial charge in [0.05, 0.1) is 5.92 Å². The smallest absolute Gasteiger partial charge is 0.407 e. The van der Waals surface area contributed by atoms with E-state index in [9.17, 15) is 14.4 Å². The number of rotatable bonds is 5. The van der Waals surface area contributed by atoms with Gasteiger partial charge in [0.25, 0.3) is 0 Å². The molecule has 0 aromatic heterocycles. The van der Waals surface area contributed by atoms with Crippen molar-refractivity contribution in [3.8, 4) is 11.1 Å². The van der Waals surface area contributed by atoms with E-state index < -0.39 is 12.1 Å². The Hall–Kier alpha value is -3.35. The maximum Gasteiger partial charge on any atom is 0.407 e. The molecule has 34 heavy (non-hydrogen) atoms. The molecular weight excluding hydrogens is 432 g/mol. The van der Waals surface area contributed by atoms with Gasteiger partial charge in [0.2, 0.25) is 5.91 Å². The molecule has 1 saturated heterocycles. The average molecular weight is 463 g/mol. The Morgan fingerprint density at radius 2 is 1.50 bits per heavy atom. The number of fused-ring (bicyclic) bond motifs is 3. The van der Waals surface area contributed by atoms with Crippen LogP contribution in [0, 0.1) is 11.8 Å². The van der Waals surface area contributed by atoms with Gasteiger partial charge in [-0.05, 0) is 54.4 Å². The maximum atomic E-state index is 12.9. The third-order valence-electron chi connectivity index (χ3n) is 7.60. The van der Waals surface area contributed by atoms with Crippen molar-refractivity contribution in [3.63, 3.8) is 0 Å². The predicted octanol–water partition coefficient (Wildman–Crippen LogP) is 4.02. The fourth-order valence-corrected chi connectivity index (χ4v) is 5.75. The van der Waals surface area contributed by atoms with E-state index >= 15 is 0 Å². The molecule has 7 heteroatoms. The topological polar surface area (TPSA) is 95.9 Å². The first-order valence-corrected chi connectivity index (χ1v) is 12.1. The van der Waals surface area contributed by atoms with E-state index in [1.165, 1.54) is 22.3 Å². The number of piperidine rings is 1. The highest BCUT2D eigenvalue weighted by Gasteiger charge is 2.36. The normalized spacial score (nSPS) is 22.2. The van der Waals surface area contributed by atoms with E-state index in [0.717, 1.165) is 12.8 Å². The van der Waals surface area contributed by atoms with Gasteiger partial charge < -0.3 is 20.1 Å². The van der Waals surface area contributed by atoms with Crippen LogP contribution in [-0.4, -0.2) is 53.7 Å². The number of benzene rings is 2. The molecule has 2 N–H and O–H groups in total. The monoisotopic (exact) mass is 462 g/mol. The van der Waals surface area contributed by atoms with E-state index in [2.05, 4.69) is 29.6 Å². The number of hydrogen-bond donors (Lipinski definition) is 2. The summed E-state index contributed by atoms with van der Waals surface area (Å²) in [6.45, 7) is 1.26. The maximum absolute atomic E-state index is 12.9. The molecule has 2 aromatic carbocycles. The van der Waals surface area contributed by atoms with Crippen molar-refractivity contribution in [2.45, 2.75) is 44.1 Å². The summed E-state index contributed by atoms with van der Waals surface area (Å²) < 4.78 is 5.65. The predicted molar refractivity (Wildman–Crippen MR) is 126 cm³/mol. The van der Waals surface area contributed by atoms with Crippen LogP contribution in [-0.2, 0) is 14.3 Å². The molecule has 178 valence electrons. The average Bonchev–Trinajstić information content (AvgIpc) is 3.45. The molecule has 5 rings (SSSR count). The number of ether oxygens (including phenoxy) is 1. The fourth-order valence-electron chi connectivity index (χ4n) is 5.75. The highest BCUT2D eigenvalue weighted by Crippen LogP contribution is 2.44. The number of carboxylic acids is 1. The Bertz CT molecular complexity index is 1050. The zero-order chi connectivity index (χ0) is 23.7.